The van der Waals surface area contributed by atoms with Crippen molar-refractivity contribution in [2.45, 2.75) is 18.9 Å². The lowest BCUT2D eigenvalue weighted by Crippen LogP contribution is -2.43. The fourth-order valence-corrected chi connectivity index (χ4v) is 4.53. The summed E-state index contributed by atoms with van der Waals surface area (Å²) in [6, 6.07) is 8.06. The molecule has 1 aliphatic rings. The maximum Gasteiger partial charge on any atom is 0.261 e. The SMILES string of the molecule is CN1CCC(NC(=O)c2cc3c(Nc4ccc5cn[nH]c5c4)ncnc3s2)CC1. The highest BCUT2D eigenvalue weighted by molar-refractivity contribution is 7.20. The van der Waals surface area contributed by atoms with Crippen LogP contribution in [0.25, 0.3) is 21.1 Å². The standard InChI is InChI=1S/C20H21N7OS/c1-27-6-4-13(5-7-27)25-19(28)17-9-15-18(21-11-22-20(15)29-17)24-14-3-2-12-10-23-26-16(12)8-14/h2-3,8-11,13H,4-7H2,1H3,(H,23,26)(H,25,28)(H,21,22,24). The molecule has 1 fully saturated rings. The van der Waals surface area contributed by atoms with E-state index in [4.69, 9.17) is 0 Å². The van der Waals surface area contributed by atoms with Crippen LogP contribution >= 0.6 is 11.3 Å². The summed E-state index contributed by atoms with van der Waals surface area (Å²) >= 11 is 1.39. The zero-order chi connectivity index (χ0) is 19.8. The van der Waals surface area contributed by atoms with Crippen molar-refractivity contribution in [3.63, 3.8) is 0 Å². The van der Waals surface area contributed by atoms with E-state index < -0.39 is 0 Å². The van der Waals surface area contributed by atoms with Crippen LogP contribution in [0.4, 0.5) is 11.5 Å². The monoisotopic (exact) mass is 407 g/mol. The van der Waals surface area contributed by atoms with E-state index in [1.54, 1.807) is 6.20 Å². The van der Waals surface area contributed by atoms with Crippen LogP contribution in [0.2, 0.25) is 0 Å². The van der Waals surface area contributed by atoms with Crippen LogP contribution in [0.5, 0.6) is 0 Å². The molecule has 0 bridgehead atoms. The summed E-state index contributed by atoms with van der Waals surface area (Å²) in [5, 5.41) is 15.4. The molecule has 3 aromatic heterocycles. The first-order valence-corrected chi connectivity index (χ1v) is 10.4. The summed E-state index contributed by atoms with van der Waals surface area (Å²) in [6.07, 6.45) is 5.27. The van der Waals surface area contributed by atoms with Gasteiger partial charge in [-0.1, -0.05) is 0 Å². The van der Waals surface area contributed by atoms with Crippen LogP contribution in [-0.4, -0.2) is 57.2 Å². The molecule has 1 aliphatic heterocycles. The van der Waals surface area contributed by atoms with Gasteiger partial charge in [0.05, 0.1) is 22.0 Å². The average molecular weight is 408 g/mol. The van der Waals surface area contributed by atoms with E-state index in [-0.39, 0.29) is 11.9 Å². The Balaban J connectivity index is 1.38. The molecule has 8 nitrogen and oxygen atoms in total. The maximum atomic E-state index is 12.8. The van der Waals surface area contributed by atoms with E-state index in [9.17, 15) is 4.79 Å². The van der Waals surface area contributed by atoms with Crippen molar-refractivity contribution in [2.24, 2.45) is 0 Å². The molecule has 5 rings (SSSR count). The first-order valence-electron chi connectivity index (χ1n) is 9.60. The Bertz CT molecular complexity index is 1180. The van der Waals surface area contributed by atoms with Gasteiger partial charge in [0.1, 0.15) is 17.0 Å². The zero-order valence-corrected chi connectivity index (χ0v) is 16.8. The highest BCUT2D eigenvalue weighted by atomic mass is 32.1. The van der Waals surface area contributed by atoms with E-state index in [0.29, 0.717) is 10.7 Å². The van der Waals surface area contributed by atoms with Crippen LogP contribution in [0.15, 0.2) is 36.8 Å². The molecule has 1 aromatic carbocycles. The summed E-state index contributed by atoms with van der Waals surface area (Å²) < 4.78 is 0. The minimum absolute atomic E-state index is 0.0348. The Morgan fingerprint density at radius 1 is 1.24 bits per heavy atom. The Labute approximate surface area is 171 Å². The number of H-pyrrole nitrogens is 1. The predicted octanol–water partition coefficient (Wildman–Crippen LogP) is 3.14. The number of hydrogen-bond donors (Lipinski definition) is 3. The van der Waals surface area contributed by atoms with Crippen LogP contribution < -0.4 is 10.6 Å². The molecule has 0 radical (unpaired) electrons. The number of amides is 1. The van der Waals surface area contributed by atoms with Crippen molar-refractivity contribution in [3.8, 4) is 0 Å². The number of rotatable bonds is 4. The van der Waals surface area contributed by atoms with E-state index in [2.05, 4.69) is 42.7 Å². The van der Waals surface area contributed by atoms with Gasteiger partial charge in [-0.2, -0.15) is 5.10 Å². The van der Waals surface area contributed by atoms with E-state index >= 15 is 0 Å². The largest absolute Gasteiger partial charge is 0.349 e. The lowest BCUT2D eigenvalue weighted by Gasteiger charge is -2.29. The van der Waals surface area contributed by atoms with Crippen LogP contribution in [0, 0.1) is 0 Å². The highest BCUT2D eigenvalue weighted by Gasteiger charge is 2.21. The van der Waals surface area contributed by atoms with Crippen molar-refractivity contribution in [2.75, 3.05) is 25.5 Å². The number of piperidine rings is 1. The Morgan fingerprint density at radius 2 is 2.10 bits per heavy atom. The minimum Gasteiger partial charge on any atom is -0.349 e. The number of aromatic amines is 1. The molecule has 1 amide bonds. The molecular weight excluding hydrogens is 386 g/mol. The van der Waals surface area contributed by atoms with E-state index in [0.717, 1.165) is 52.7 Å². The number of nitrogens with zero attached hydrogens (tertiary/aromatic N) is 4. The fourth-order valence-electron chi connectivity index (χ4n) is 3.63. The number of nitrogens with one attached hydrogen (secondary N) is 3. The van der Waals surface area contributed by atoms with Crippen molar-refractivity contribution in [1.29, 1.82) is 0 Å². The van der Waals surface area contributed by atoms with Gasteiger partial charge in [0.15, 0.2) is 0 Å². The molecular formula is C20H21N7OS. The third kappa shape index (κ3) is 3.66. The third-order valence-electron chi connectivity index (χ3n) is 5.31. The number of thiophene rings is 1. The molecule has 9 heteroatoms. The van der Waals surface area contributed by atoms with Gasteiger partial charge < -0.3 is 15.5 Å². The number of carbonyl (C=O) groups excluding carboxylic acids is 1. The van der Waals surface area contributed by atoms with E-state index in [1.165, 1.54) is 17.7 Å². The second-order valence-electron chi connectivity index (χ2n) is 7.40. The Morgan fingerprint density at radius 3 is 2.97 bits per heavy atom. The molecule has 0 atom stereocenters. The molecule has 148 valence electrons. The van der Waals surface area contributed by atoms with Crippen molar-refractivity contribution in [3.05, 3.63) is 41.7 Å². The fraction of sp³-hybridized carbons (Fsp3) is 0.300. The highest BCUT2D eigenvalue weighted by Crippen LogP contribution is 2.30. The zero-order valence-electron chi connectivity index (χ0n) is 16.0. The van der Waals surface area contributed by atoms with Crippen molar-refractivity contribution < 1.29 is 4.79 Å². The lowest BCUT2D eigenvalue weighted by molar-refractivity contribution is 0.0921. The molecule has 0 unspecified atom stereocenters. The number of benzene rings is 1. The van der Waals surface area contributed by atoms with Crippen LogP contribution in [0.3, 0.4) is 0 Å². The summed E-state index contributed by atoms with van der Waals surface area (Å²) in [5.74, 6) is 0.649. The molecule has 0 spiro atoms. The molecule has 1 saturated heterocycles. The maximum absolute atomic E-state index is 12.8. The normalized spacial score (nSPS) is 15.8. The Hall–Kier alpha value is -3.04. The van der Waals surface area contributed by atoms with Gasteiger partial charge >= 0.3 is 0 Å². The lowest BCUT2D eigenvalue weighted by atomic mass is 10.1. The number of carbonyl (C=O) groups is 1. The van der Waals surface area contributed by atoms with Gasteiger partial charge in [-0.15, -0.1) is 11.3 Å². The Kier molecular flexibility index (Phi) is 4.61. The van der Waals surface area contributed by atoms with Gasteiger partial charge in [0, 0.05) is 17.1 Å². The van der Waals surface area contributed by atoms with Crippen molar-refractivity contribution >= 4 is 49.9 Å². The second-order valence-corrected chi connectivity index (χ2v) is 8.43. The molecule has 0 aliphatic carbocycles. The number of fused-ring (bicyclic) bond motifs is 2. The topological polar surface area (TPSA) is 98.8 Å². The quantitative estimate of drug-likeness (QED) is 0.481. The minimum atomic E-state index is -0.0348. The smallest absolute Gasteiger partial charge is 0.261 e. The van der Waals surface area contributed by atoms with Gasteiger partial charge in [-0.3, -0.25) is 9.89 Å². The number of anilines is 2. The summed E-state index contributed by atoms with van der Waals surface area (Å²) in [5.41, 5.74) is 1.84. The van der Waals surface area contributed by atoms with E-state index in [1.807, 2.05) is 24.3 Å². The van der Waals surface area contributed by atoms with Gasteiger partial charge in [-0.05, 0) is 57.2 Å². The first kappa shape index (κ1) is 18.0. The van der Waals surface area contributed by atoms with Gasteiger partial charge in [0.2, 0.25) is 0 Å². The van der Waals surface area contributed by atoms with Gasteiger partial charge in [-0.25, -0.2) is 9.97 Å². The molecule has 4 heterocycles. The number of likely N-dealkylation sites (tertiary alicyclic amines) is 1. The predicted molar refractivity (Wildman–Crippen MR) is 115 cm³/mol. The molecule has 4 aromatic rings. The van der Waals surface area contributed by atoms with Gasteiger partial charge in [0.25, 0.3) is 5.91 Å². The third-order valence-corrected chi connectivity index (χ3v) is 6.35. The van der Waals surface area contributed by atoms with Crippen LogP contribution in [0.1, 0.15) is 22.5 Å². The number of hydrogen-bond acceptors (Lipinski definition) is 7. The average Bonchev–Trinajstić information content (AvgIpc) is 3.36. The molecule has 0 saturated carbocycles. The second kappa shape index (κ2) is 7.41. The molecule has 3 N–H and O–H groups in total. The summed E-state index contributed by atoms with van der Waals surface area (Å²) in [6.45, 7) is 2.02. The van der Waals surface area contributed by atoms with Crippen LogP contribution in [-0.2, 0) is 0 Å². The first-order chi connectivity index (χ1) is 14.2. The number of aromatic nitrogens is 4. The summed E-state index contributed by atoms with van der Waals surface area (Å²) in [7, 11) is 2.11. The molecule has 29 heavy (non-hydrogen) atoms. The van der Waals surface area contributed by atoms with Crippen molar-refractivity contribution in [1.82, 2.24) is 30.4 Å². The summed E-state index contributed by atoms with van der Waals surface area (Å²) in [4.78, 5) is 25.2.